The van der Waals surface area contributed by atoms with Gasteiger partial charge in [-0.15, -0.1) is 0 Å². The summed E-state index contributed by atoms with van der Waals surface area (Å²) in [5.41, 5.74) is 8.13. The summed E-state index contributed by atoms with van der Waals surface area (Å²) in [4.78, 5) is 66.0. The van der Waals surface area contributed by atoms with E-state index in [4.69, 9.17) is 10.8 Å². The van der Waals surface area contributed by atoms with Crippen LogP contribution in [0.3, 0.4) is 0 Å². The van der Waals surface area contributed by atoms with Crippen LogP contribution in [-0.4, -0.2) is 69.0 Å². The molecular weight excluding hydrogens is 554 g/mol. The van der Waals surface area contributed by atoms with Crippen LogP contribution in [0.25, 0.3) is 10.9 Å². The first-order valence-corrected chi connectivity index (χ1v) is 14.1. The number of carbonyl (C=O) groups excluding carboxylic acids is 3. The van der Waals surface area contributed by atoms with E-state index in [0.717, 1.165) is 16.5 Å². The van der Waals surface area contributed by atoms with Gasteiger partial charge in [-0.3, -0.25) is 19.2 Å². The third-order valence-corrected chi connectivity index (χ3v) is 6.98. The molecule has 1 heterocycles. The van der Waals surface area contributed by atoms with Gasteiger partial charge in [0.15, 0.2) is 0 Å². The topological polar surface area (TPSA) is 204 Å². The summed E-state index contributed by atoms with van der Waals surface area (Å²) in [5, 5.41) is 27.5. The van der Waals surface area contributed by atoms with E-state index in [0.29, 0.717) is 5.56 Å². The third-order valence-electron chi connectivity index (χ3n) is 6.98. The zero-order chi connectivity index (χ0) is 31.5. The average Bonchev–Trinajstić information content (AvgIpc) is 3.37. The monoisotopic (exact) mass is 593 g/mol. The van der Waals surface area contributed by atoms with E-state index < -0.39 is 53.8 Å². The van der Waals surface area contributed by atoms with Crippen molar-refractivity contribution in [1.29, 1.82) is 0 Å². The first kappa shape index (κ1) is 32.8. The number of hydrogen-bond acceptors (Lipinski definition) is 6. The van der Waals surface area contributed by atoms with Gasteiger partial charge in [0.2, 0.25) is 17.7 Å². The molecule has 8 N–H and O–H groups in total. The maximum Gasteiger partial charge on any atom is 0.326 e. The minimum atomic E-state index is -1.25. The molecule has 0 radical (unpaired) electrons. The number of benzene rings is 2. The Bertz CT molecular complexity index is 1420. The molecule has 3 amide bonds. The number of aromatic amines is 1. The van der Waals surface area contributed by atoms with Crippen molar-refractivity contribution in [2.45, 2.75) is 70.1 Å². The molecule has 12 heteroatoms. The Morgan fingerprint density at radius 1 is 0.791 bits per heavy atom. The van der Waals surface area contributed by atoms with Crippen molar-refractivity contribution < 1.29 is 34.2 Å². The van der Waals surface area contributed by atoms with Crippen molar-refractivity contribution in [2.75, 3.05) is 0 Å². The Kier molecular flexibility index (Phi) is 11.8. The SMILES string of the molecule is CC(C)CC(NC(=O)C(N)CCC(=O)O)C(=O)NC(Cc1c[nH]c2ccccc12)C(=O)NC(Cc1ccccc1)C(=O)O. The summed E-state index contributed by atoms with van der Waals surface area (Å²) in [6, 6.07) is 11.6. The Balaban J connectivity index is 1.84. The van der Waals surface area contributed by atoms with Crippen molar-refractivity contribution in [1.82, 2.24) is 20.9 Å². The first-order valence-electron chi connectivity index (χ1n) is 14.1. The molecule has 0 saturated carbocycles. The van der Waals surface area contributed by atoms with Crippen molar-refractivity contribution in [3.05, 3.63) is 71.9 Å². The van der Waals surface area contributed by atoms with E-state index in [1.54, 1.807) is 36.5 Å². The van der Waals surface area contributed by atoms with Crippen LogP contribution >= 0.6 is 0 Å². The molecule has 0 aliphatic rings. The molecule has 230 valence electrons. The lowest BCUT2D eigenvalue weighted by Gasteiger charge is -2.26. The summed E-state index contributed by atoms with van der Waals surface area (Å²) in [5.74, 6) is -4.40. The van der Waals surface area contributed by atoms with Crippen LogP contribution in [0.2, 0.25) is 0 Å². The van der Waals surface area contributed by atoms with Gasteiger partial charge in [0, 0.05) is 36.4 Å². The second-order valence-electron chi connectivity index (χ2n) is 10.9. The van der Waals surface area contributed by atoms with Crippen LogP contribution in [0, 0.1) is 5.92 Å². The fourth-order valence-corrected chi connectivity index (χ4v) is 4.72. The predicted octanol–water partition coefficient (Wildman–Crippen LogP) is 1.73. The molecule has 2 aromatic carbocycles. The van der Waals surface area contributed by atoms with E-state index in [1.165, 1.54) is 0 Å². The molecule has 0 bridgehead atoms. The van der Waals surface area contributed by atoms with Crippen molar-refractivity contribution in [3.63, 3.8) is 0 Å². The standard InChI is InChI=1S/C31H39N5O7/c1-18(2)14-24(34-28(39)22(32)12-13-27(37)38)29(40)35-25(16-20-17-33-23-11-7-6-10-21(20)23)30(41)36-26(31(42)43)15-19-8-4-3-5-9-19/h3-11,17-18,22,24-26,33H,12-16,32H2,1-2H3,(H,34,39)(H,35,40)(H,36,41)(H,37,38)(H,42,43). The number of nitrogens with two attached hydrogens (primary N) is 1. The summed E-state index contributed by atoms with van der Waals surface area (Å²) in [6.45, 7) is 3.71. The van der Waals surface area contributed by atoms with Gasteiger partial charge in [-0.25, -0.2) is 4.79 Å². The molecule has 0 aliphatic heterocycles. The highest BCUT2D eigenvalue weighted by Gasteiger charge is 2.31. The highest BCUT2D eigenvalue weighted by atomic mass is 16.4. The number of H-pyrrole nitrogens is 1. The average molecular weight is 594 g/mol. The van der Waals surface area contributed by atoms with E-state index in [9.17, 15) is 29.1 Å². The lowest BCUT2D eigenvalue weighted by Crippen LogP contribution is -2.58. The van der Waals surface area contributed by atoms with Crippen molar-refractivity contribution in [2.24, 2.45) is 11.7 Å². The lowest BCUT2D eigenvalue weighted by molar-refractivity contribution is -0.142. The molecule has 43 heavy (non-hydrogen) atoms. The molecule has 0 fully saturated rings. The number of aliphatic carboxylic acids is 2. The molecular formula is C31H39N5O7. The predicted molar refractivity (Wildman–Crippen MR) is 160 cm³/mol. The Morgan fingerprint density at radius 2 is 1.40 bits per heavy atom. The minimum absolute atomic E-state index is 0.0329. The largest absolute Gasteiger partial charge is 0.481 e. The van der Waals surface area contributed by atoms with E-state index in [2.05, 4.69) is 20.9 Å². The number of nitrogens with one attached hydrogen (secondary N) is 4. The number of carboxylic acids is 2. The number of carbonyl (C=O) groups is 5. The molecule has 4 atom stereocenters. The van der Waals surface area contributed by atoms with Gasteiger partial charge < -0.3 is 36.9 Å². The van der Waals surface area contributed by atoms with Gasteiger partial charge in [0.25, 0.3) is 0 Å². The maximum atomic E-state index is 13.6. The van der Waals surface area contributed by atoms with Gasteiger partial charge >= 0.3 is 11.9 Å². The van der Waals surface area contributed by atoms with Gasteiger partial charge in [-0.05, 0) is 36.0 Å². The van der Waals surface area contributed by atoms with E-state index in [1.807, 2.05) is 38.1 Å². The number of carboxylic acid groups (broad SMARTS) is 2. The quantitative estimate of drug-likeness (QED) is 0.130. The normalized spacial score (nSPS) is 14.0. The second kappa shape index (κ2) is 15.5. The van der Waals surface area contributed by atoms with Crippen molar-refractivity contribution in [3.8, 4) is 0 Å². The van der Waals surface area contributed by atoms with Crippen LogP contribution in [0.15, 0.2) is 60.8 Å². The summed E-state index contributed by atoms with van der Waals surface area (Å²) in [7, 11) is 0. The summed E-state index contributed by atoms with van der Waals surface area (Å²) >= 11 is 0. The number of para-hydroxylation sites is 1. The fraction of sp³-hybridized carbons (Fsp3) is 0.387. The lowest BCUT2D eigenvalue weighted by atomic mass is 9.99. The van der Waals surface area contributed by atoms with Gasteiger partial charge in [-0.2, -0.15) is 0 Å². The highest BCUT2D eigenvalue weighted by molar-refractivity contribution is 5.95. The third kappa shape index (κ3) is 9.96. The number of amides is 3. The van der Waals surface area contributed by atoms with Gasteiger partial charge in [-0.1, -0.05) is 62.4 Å². The van der Waals surface area contributed by atoms with E-state index >= 15 is 0 Å². The Labute approximate surface area is 249 Å². The zero-order valence-corrected chi connectivity index (χ0v) is 24.2. The van der Waals surface area contributed by atoms with Crippen LogP contribution < -0.4 is 21.7 Å². The Hall–Kier alpha value is -4.71. The molecule has 3 rings (SSSR count). The van der Waals surface area contributed by atoms with E-state index in [-0.39, 0.29) is 38.0 Å². The van der Waals surface area contributed by atoms with Crippen molar-refractivity contribution >= 4 is 40.6 Å². The second-order valence-corrected chi connectivity index (χ2v) is 10.9. The first-order chi connectivity index (χ1) is 20.4. The molecule has 0 saturated heterocycles. The number of aromatic nitrogens is 1. The molecule has 0 aliphatic carbocycles. The minimum Gasteiger partial charge on any atom is -0.481 e. The molecule has 1 aromatic heterocycles. The Morgan fingerprint density at radius 3 is 2.05 bits per heavy atom. The smallest absolute Gasteiger partial charge is 0.326 e. The number of rotatable bonds is 16. The van der Waals surface area contributed by atoms with Gasteiger partial charge in [0.1, 0.15) is 18.1 Å². The van der Waals surface area contributed by atoms with Crippen LogP contribution in [0.1, 0.15) is 44.2 Å². The maximum absolute atomic E-state index is 13.6. The summed E-state index contributed by atoms with van der Waals surface area (Å²) in [6.07, 6.45) is 1.60. The fourth-order valence-electron chi connectivity index (χ4n) is 4.72. The summed E-state index contributed by atoms with van der Waals surface area (Å²) < 4.78 is 0. The number of fused-ring (bicyclic) bond motifs is 1. The molecule has 4 unspecified atom stereocenters. The zero-order valence-electron chi connectivity index (χ0n) is 24.2. The van der Waals surface area contributed by atoms with Crippen LogP contribution in [-0.2, 0) is 36.8 Å². The van der Waals surface area contributed by atoms with Crippen LogP contribution in [0.5, 0.6) is 0 Å². The van der Waals surface area contributed by atoms with Crippen LogP contribution in [0.4, 0.5) is 0 Å². The number of hydrogen-bond donors (Lipinski definition) is 7. The van der Waals surface area contributed by atoms with Gasteiger partial charge in [0.05, 0.1) is 6.04 Å². The molecule has 0 spiro atoms. The molecule has 12 nitrogen and oxygen atoms in total. The highest BCUT2D eigenvalue weighted by Crippen LogP contribution is 2.20. The molecule has 3 aromatic rings.